The molecule has 8 heterocycles. The van der Waals surface area contributed by atoms with Gasteiger partial charge >= 0.3 is 6.18 Å². The van der Waals surface area contributed by atoms with Crippen molar-refractivity contribution in [2.24, 2.45) is 17.1 Å². The molecular weight excluding hydrogens is 1410 g/mol. The standard InChI is InChI=1S/C32H35N3O4.C29H34N4O4S.C20H22F3N3O3S/c1-20(2)30(35-18-24-6-4-5-7-27(24)31(35)38)32(39)34-19-25(36)16-28(34)29(37)13-10-22-8-11-23(12-9-22)26-14-15-33-17-21(26)3;1-18-25(38-17-31-18)20-10-7-19(8-11-20)9-12-24(35)23-14-22(34)16-33(23)28(37)26(29(2,3)4)32-27(36)21-6-5-13-30-15-21;1-11-17(30-10-25-11)13-5-2-12(3-6-13)4-7-16(28)15-8-14(27)9-26(15)19(29)18(24)20(21,22)23/h4-9,11-12,14-15,17,20,25,28,30,36H,10,13,16,18-19H2,1-3H3;5-8,10-11,13,15,17,22-23,26,34H,9,12,14,16H2,1-4H3,(H,32,36);2-3,5-6,10,14-15,18,27H,4,7-9,24H2,1H3/t25-,28+,30+;22-,23+,26-;14-,15+,18?/m111/s1. The number of carbonyl (C=O) groups is 8. The fraction of sp³-hybridized carbons (Fsp3) is 0.407. The molecule has 0 spiro atoms. The van der Waals surface area contributed by atoms with Crippen LogP contribution in [0.15, 0.2) is 151 Å². The third-order valence-corrected chi connectivity index (χ3v) is 21.9. The van der Waals surface area contributed by atoms with Crippen molar-refractivity contribution in [3.63, 3.8) is 0 Å². The number of halogens is 3. The van der Waals surface area contributed by atoms with Gasteiger partial charge in [0, 0.05) is 95.1 Å². The largest absolute Gasteiger partial charge is 0.412 e. The predicted octanol–water partition coefficient (Wildman–Crippen LogP) is 10.5. The van der Waals surface area contributed by atoms with Crippen molar-refractivity contribution in [1.29, 1.82) is 0 Å². The predicted molar refractivity (Wildman–Crippen MR) is 401 cm³/mol. The highest BCUT2D eigenvalue weighted by molar-refractivity contribution is 7.13. The molecule has 0 radical (unpaired) electrons. The zero-order chi connectivity index (χ0) is 77.2. The summed E-state index contributed by atoms with van der Waals surface area (Å²) in [4.78, 5) is 129. The van der Waals surface area contributed by atoms with Gasteiger partial charge in [0.15, 0.2) is 23.4 Å². The van der Waals surface area contributed by atoms with Crippen LogP contribution >= 0.6 is 22.7 Å². The summed E-state index contributed by atoms with van der Waals surface area (Å²) < 4.78 is 38.4. The molecule has 0 aliphatic carbocycles. The first-order chi connectivity index (χ1) is 50.9. The van der Waals surface area contributed by atoms with Crippen molar-refractivity contribution in [3.8, 4) is 32.0 Å². The number of nitrogens with one attached hydrogen (secondary N) is 1. The van der Waals surface area contributed by atoms with E-state index in [0.717, 1.165) is 76.1 Å². The van der Waals surface area contributed by atoms with E-state index < -0.39 is 83.8 Å². The molecule has 5 amide bonds. The summed E-state index contributed by atoms with van der Waals surface area (Å²) >= 11 is 3.13. The quantitative estimate of drug-likeness (QED) is 0.0421. The molecule has 26 heteroatoms. The third kappa shape index (κ3) is 19.6. The number of nitrogens with two attached hydrogens (primary N) is 1. The molecule has 9 atom stereocenters. The maximum Gasteiger partial charge on any atom is 0.412 e. The molecule has 4 aromatic heterocycles. The number of aliphatic hydroxyl groups is 3. The minimum atomic E-state index is -4.91. The second kappa shape index (κ2) is 35.0. The number of rotatable bonds is 22. The van der Waals surface area contributed by atoms with Crippen LogP contribution in [0.5, 0.6) is 0 Å². The number of pyridine rings is 2. The van der Waals surface area contributed by atoms with Crippen molar-refractivity contribution in [1.82, 2.24) is 44.9 Å². The summed E-state index contributed by atoms with van der Waals surface area (Å²) in [6.07, 6.45) is 1.50. The van der Waals surface area contributed by atoms with Crippen LogP contribution in [0.4, 0.5) is 13.2 Å². The average molecular weight is 1500 g/mol. The van der Waals surface area contributed by atoms with Crippen LogP contribution in [0.3, 0.4) is 0 Å². The minimum absolute atomic E-state index is 0.0430. The number of amides is 5. The maximum absolute atomic E-state index is 13.9. The normalized spacial score (nSPS) is 19.3. The van der Waals surface area contributed by atoms with Gasteiger partial charge in [-0.2, -0.15) is 13.2 Å². The molecule has 6 N–H and O–H groups in total. The summed E-state index contributed by atoms with van der Waals surface area (Å²) in [6, 6.07) is 29.8. The Morgan fingerprint density at radius 2 is 1.02 bits per heavy atom. The molecule has 0 saturated carbocycles. The first-order valence-corrected chi connectivity index (χ1v) is 37.6. The molecule has 8 aromatic rings. The van der Waals surface area contributed by atoms with E-state index in [4.69, 9.17) is 5.73 Å². The number of β-amino-alcohol motifs (C(OH)–C–C–N with tert-alkyl or cyclic N) is 3. The fourth-order valence-electron chi connectivity index (χ4n) is 14.1. The highest BCUT2D eigenvalue weighted by atomic mass is 32.1. The van der Waals surface area contributed by atoms with E-state index in [1.165, 1.54) is 27.3 Å². The topological polar surface area (TPSA) is 300 Å². The van der Waals surface area contributed by atoms with Gasteiger partial charge in [-0.3, -0.25) is 48.3 Å². The van der Waals surface area contributed by atoms with Crippen LogP contribution in [0.1, 0.15) is 133 Å². The number of aliphatic hydroxyl groups excluding tert-OH is 3. The van der Waals surface area contributed by atoms with Crippen molar-refractivity contribution >= 4 is 69.6 Å². The second-order valence-electron chi connectivity index (χ2n) is 29.2. The van der Waals surface area contributed by atoms with Crippen LogP contribution in [0.25, 0.3) is 32.0 Å². The third-order valence-electron chi connectivity index (χ3n) is 20.0. The Morgan fingerprint density at radius 1 is 0.570 bits per heavy atom. The molecule has 4 aromatic carbocycles. The van der Waals surface area contributed by atoms with E-state index in [2.05, 4.69) is 37.4 Å². The highest BCUT2D eigenvalue weighted by Gasteiger charge is 2.50. The summed E-state index contributed by atoms with van der Waals surface area (Å²) in [5.41, 5.74) is 20.2. The number of fused-ring (bicyclic) bond motifs is 1. The minimum Gasteiger partial charge on any atom is -0.391 e. The van der Waals surface area contributed by atoms with E-state index in [1.807, 2.05) is 152 Å². The molecule has 564 valence electrons. The van der Waals surface area contributed by atoms with E-state index in [9.17, 15) is 66.8 Å². The molecule has 0 bridgehead atoms. The number of aryl methyl sites for hydroxylation is 6. The van der Waals surface area contributed by atoms with Crippen LogP contribution in [-0.2, 0) is 54.6 Å². The SMILES string of the molecule is Cc1cnccc1-c1ccc(CCC(=O)[C@@H]2C[C@@H](O)CN2C(=O)[C@H](C(C)C)N2Cc3ccccc3C2=O)cc1.Cc1ncsc1-c1ccc(CCC(=O)[C@@H]2C[C@@H](O)CN2C(=O)C(N)C(F)(F)F)cc1.Cc1ncsc1-c1ccc(CCC(=O)[C@@H]2C[C@@H](O)CN2C(=O)[C@@H](NC(=O)c2cccnc2)C(C)(C)C)cc1. The summed E-state index contributed by atoms with van der Waals surface area (Å²) in [5, 5.41) is 33.5. The van der Waals surface area contributed by atoms with E-state index >= 15 is 0 Å². The number of benzene rings is 4. The Kier molecular flexibility index (Phi) is 26.2. The molecule has 1 unspecified atom stereocenters. The van der Waals surface area contributed by atoms with E-state index in [0.29, 0.717) is 36.9 Å². The Labute approximate surface area is 628 Å². The van der Waals surface area contributed by atoms with Gasteiger partial charge in [0.05, 0.1) is 74.2 Å². The fourth-order valence-corrected chi connectivity index (χ4v) is 15.8. The smallest absolute Gasteiger partial charge is 0.391 e. The van der Waals surface area contributed by atoms with Gasteiger partial charge in [0.25, 0.3) is 11.8 Å². The molecule has 4 aliphatic rings. The molecular formula is C81H91F3N10O11S2. The molecule has 4 aliphatic heterocycles. The molecule has 12 rings (SSSR count). The highest BCUT2D eigenvalue weighted by Crippen LogP contribution is 2.35. The van der Waals surface area contributed by atoms with E-state index in [1.54, 1.807) is 52.3 Å². The lowest BCUT2D eigenvalue weighted by atomic mass is 9.85. The Balaban J connectivity index is 0.000000173. The van der Waals surface area contributed by atoms with Gasteiger partial charge in [-0.25, -0.2) is 9.97 Å². The number of hydrogen-bond acceptors (Lipinski definition) is 18. The lowest BCUT2D eigenvalue weighted by molar-refractivity contribution is -0.171. The van der Waals surface area contributed by atoms with Crippen molar-refractivity contribution in [3.05, 3.63) is 201 Å². The number of likely N-dealkylation sites (tertiary alicyclic amines) is 3. The Hall–Kier alpha value is -9.57. The van der Waals surface area contributed by atoms with Crippen molar-refractivity contribution in [2.45, 2.75) is 180 Å². The number of alkyl halides is 3. The molecule has 107 heavy (non-hydrogen) atoms. The van der Waals surface area contributed by atoms with E-state index in [-0.39, 0.29) is 93.4 Å². The van der Waals surface area contributed by atoms with Crippen LogP contribution in [0, 0.1) is 32.1 Å². The Bertz CT molecular complexity index is 4470. The summed E-state index contributed by atoms with van der Waals surface area (Å²) in [5.74, 6) is -3.29. The summed E-state index contributed by atoms with van der Waals surface area (Å²) in [6.45, 7) is 15.6. The average Bonchev–Trinajstić information content (AvgIpc) is 1.64. The number of nitrogens with zero attached hydrogens (tertiary/aromatic N) is 8. The number of carbonyl (C=O) groups excluding carboxylic acids is 8. The lowest BCUT2D eigenvalue weighted by Gasteiger charge is -2.35. The Morgan fingerprint density at radius 3 is 1.43 bits per heavy atom. The molecule has 21 nitrogen and oxygen atoms in total. The monoisotopic (exact) mass is 1500 g/mol. The number of aromatic nitrogens is 4. The van der Waals surface area contributed by atoms with Crippen LogP contribution < -0.4 is 11.1 Å². The van der Waals surface area contributed by atoms with Crippen molar-refractivity contribution in [2.75, 3.05) is 19.6 Å². The van der Waals surface area contributed by atoms with Crippen molar-refractivity contribution < 1.29 is 66.8 Å². The zero-order valence-corrected chi connectivity index (χ0v) is 62.7. The number of ketones is 3. The summed E-state index contributed by atoms with van der Waals surface area (Å²) in [7, 11) is 0. The zero-order valence-electron chi connectivity index (χ0n) is 61.1. The number of Topliss-reactive ketones (excluding diaryl/α,β-unsaturated/α-hetero) is 3. The first-order valence-electron chi connectivity index (χ1n) is 35.8. The lowest BCUT2D eigenvalue weighted by Crippen LogP contribution is -2.56. The van der Waals surface area contributed by atoms with Gasteiger partial charge in [-0.05, 0) is 126 Å². The molecule has 3 saturated heterocycles. The van der Waals surface area contributed by atoms with Gasteiger partial charge in [0.2, 0.25) is 17.7 Å². The van der Waals surface area contributed by atoms with Gasteiger partial charge in [-0.15, -0.1) is 22.7 Å². The second-order valence-corrected chi connectivity index (χ2v) is 30.9. The van der Waals surface area contributed by atoms with Crippen LogP contribution in [0.2, 0.25) is 0 Å². The first kappa shape index (κ1) is 80.0. The van der Waals surface area contributed by atoms with Gasteiger partial charge in [-0.1, -0.05) is 126 Å². The van der Waals surface area contributed by atoms with Gasteiger partial charge < -0.3 is 46.0 Å². The number of hydrogen-bond donors (Lipinski definition) is 5. The molecule has 3 fully saturated rings. The van der Waals surface area contributed by atoms with Crippen LogP contribution in [-0.4, -0.2) is 182 Å². The number of thiazole rings is 2. The maximum atomic E-state index is 13.9. The van der Waals surface area contributed by atoms with Gasteiger partial charge in [0.1, 0.15) is 12.1 Å².